The van der Waals surface area contributed by atoms with Crippen molar-refractivity contribution in [2.75, 3.05) is 6.61 Å². The van der Waals surface area contributed by atoms with Crippen molar-refractivity contribution in [2.45, 2.75) is 366 Å². The monoisotopic (exact) mass is 942 g/mol. The van der Waals surface area contributed by atoms with Gasteiger partial charge in [-0.05, 0) is 44.9 Å². The summed E-state index contributed by atoms with van der Waals surface area (Å²) in [6.45, 7) is 4.40. The van der Waals surface area contributed by atoms with Crippen molar-refractivity contribution in [3.63, 3.8) is 0 Å². The molecule has 0 saturated carbocycles. The summed E-state index contributed by atoms with van der Waals surface area (Å²) in [4.78, 5) is 12.5. The second-order valence-electron chi connectivity index (χ2n) is 21.5. The van der Waals surface area contributed by atoms with Gasteiger partial charge in [0, 0.05) is 6.42 Å². The first kappa shape index (κ1) is 65.9. The highest BCUT2D eigenvalue weighted by atomic mass is 16.3. The Hall–Kier alpha value is -1.13. The molecule has 0 aliphatic carbocycles. The first-order valence-electron chi connectivity index (χ1n) is 31.0. The topological polar surface area (TPSA) is 69.6 Å². The van der Waals surface area contributed by atoms with E-state index in [2.05, 4.69) is 43.5 Å². The van der Waals surface area contributed by atoms with Gasteiger partial charge in [0.2, 0.25) is 5.91 Å². The summed E-state index contributed by atoms with van der Waals surface area (Å²) in [6, 6.07) is -0.536. The highest BCUT2D eigenvalue weighted by molar-refractivity contribution is 5.76. The lowest BCUT2D eigenvalue weighted by Crippen LogP contribution is -2.45. The molecule has 0 heterocycles. The number of carbonyl (C=O) groups excluding carboxylic acids is 1. The maximum atomic E-state index is 12.5. The van der Waals surface area contributed by atoms with E-state index in [1.54, 1.807) is 0 Å². The number of carbonyl (C=O) groups is 1. The maximum Gasteiger partial charge on any atom is 0.220 e. The second kappa shape index (κ2) is 59.2. The van der Waals surface area contributed by atoms with E-state index in [4.69, 9.17) is 0 Å². The van der Waals surface area contributed by atoms with Crippen molar-refractivity contribution >= 4 is 5.91 Å². The zero-order valence-electron chi connectivity index (χ0n) is 46.0. The maximum absolute atomic E-state index is 12.5. The van der Waals surface area contributed by atoms with Crippen LogP contribution in [0.1, 0.15) is 354 Å². The minimum Gasteiger partial charge on any atom is -0.394 e. The molecular weight excluding hydrogens is 819 g/mol. The minimum absolute atomic E-state index is 0.0249. The number of nitrogens with one attached hydrogen (secondary N) is 1. The lowest BCUT2D eigenvalue weighted by Gasteiger charge is -2.22. The zero-order chi connectivity index (χ0) is 48.5. The van der Waals surface area contributed by atoms with Crippen molar-refractivity contribution in [3.8, 4) is 0 Å². The minimum atomic E-state index is -0.659. The van der Waals surface area contributed by atoms with Gasteiger partial charge in [0.15, 0.2) is 0 Å². The molecule has 0 rings (SSSR count). The summed E-state index contributed by atoms with van der Waals surface area (Å²) < 4.78 is 0. The van der Waals surface area contributed by atoms with Crippen LogP contribution in [0.15, 0.2) is 24.3 Å². The molecule has 0 aromatic carbocycles. The number of rotatable bonds is 58. The molecule has 0 aliphatic rings. The Kier molecular flexibility index (Phi) is 58.2. The van der Waals surface area contributed by atoms with E-state index in [9.17, 15) is 15.0 Å². The van der Waals surface area contributed by atoms with Crippen LogP contribution in [0.25, 0.3) is 0 Å². The fourth-order valence-corrected chi connectivity index (χ4v) is 9.98. The zero-order valence-corrected chi connectivity index (χ0v) is 46.0. The van der Waals surface area contributed by atoms with Crippen LogP contribution < -0.4 is 5.32 Å². The van der Waals surface area contributed by atoms with Crippen LogP contribution in [0.4, 0.5) is 0 Å². The van der Waals surface area contributed by atoms with E-state index < -0.39 is 12.1 Å². The molecule has 2 unspecified atom stereocenters. The molecule has 0 saturated heterocycles. The van der Waals surface area contributed by atoms with E-state index in [1.165, 1.54) is 295 Å². The summed E-state index contributed by atoms with van der Waals surface area (Å²) >= 11 is 0. The number of hydrogen-bond acceptors (Lipinski definition) is 3. The van der Waals surface area contributed by atoms with Gasteiger partial charge in [0.1, 0.15) is 0 Å². The van der Waals surface area contributed by atoms with Crippen molar-refractivity contribution in [2.24, 2.45) is 0 Å². The quantitative estimate of drug-likeness (QED) is 0.0420. The molecule has 4 nitrogen and oxygen atoms in total. The van der Waals surface area contributed by atoms with Crippen LogP contribution in [0, 0.1) is 0 Å². The Bertz CT molecular complexity index is 978. The molecule has 4 heteroatoms. The first-order valence-corrected chi connectivity index (χ1v) is 31.0. The van der Waals surface area contributed by atoms with Crippen LogP contribution in [0.3, 0.4) is 0 Å². The second-order valence-corrected chi connectivity index (χ2v) is 21.5. The van der Waals surface area contributed by atoms with E-state index in [1.807, 2.05) is 0 Å². The van der Waals surface area contributed by atoms with Gasteiger partial charge in [-0.1, -0.05) is 327 Å². The molecule has 1 amide bonds. The van der Waals surface area contributed by atoms with Crippen molar-refractivity contribution in [1.82, 2.24) is 5.32 Å². The van der Waals surface area contributed by atoms with Crippen LogP contribution in [0.5, 0.6) is 0 Å². The van der Waals surface area contributed by atoms with Gasteiger partial charge in [-0.15, -0.1) is 0 Å². The molecular formula is C63H123NO3. The standard InChI is InChI=1S/C63H123NO3/c1-3-5-7-9-11-13-15-17-19-21-23-25-27-29-30-31-32-33-34-35-37-39-41-43-45-47-49-51-53-55-57-59-63(67)64-61(60-65)62(66)58-56-54-52-50-48-46-44-42-40-38-36-28-26-24-22-20-18-16-14-12-10-8-6-4-2/h23,25,29-30,61-62,65-66H,3-22,24,26-28,31-60H2,1-2H3,(H,64,67)/b25-23-,30-29-. The summed E-state index contributed by atoms with van der Waals surface area (Å²) in [5.74, 6) is -0.0249. The Morgan fingerprint density at radius 1 is 0.358 bits per heavy atom. The van der Waals surface area contributed by atoms with Gasteiger partial charge in [0.05, 0.1) is 18.8 Å². The largest absolute Gasteiger partial charge is 0.394 e. The van der Waals surface area contributed by atoms with Gasteiger partial charge in [-0.25, -0.2) is 0 Å². The van der Waals surface area contributed by atoms with Gasteiger partial charge in [-0.3, -0.25) is 4.79 Å². The van der Waals surface area contributed by atoms with Gasteiger partial charge in [0.25, 0.3) is 0 Å². The number of allylic oxidation sites excluding steroid dienone is 4. The third kappa shape index (κ3) is 55.7. The molecule has 398 valence electrons. The van der Waals surface area contributed by atoms with Crippen LogP contribution in [-0.4, -0.2) is 34.9 Å². The highest BCUT2D eigenvalue weighted by Crippen LogP contribution is 2.18. The van der Waals surface area contributed by atoms with Crippen LogP contribution >= 0.6 is 0 Å². The molecule has 0 bridgehead atoms. The molecule has 0 spiro atoms. The lowest BCUT2D eigenvalue weighted by molar-refractivity contribution is -0.123. The number of aliphatic hydroxyl groups is 2. The molecule has 0 aliphatic heterocycles. The smallest absolute Gasteiger partial charge is 0.220 e. The van der Waals surface area contributed by atoms with Crippen molar-refractivity contribution in [1.29, 1.82) is 0 Å². The Balaban J connectivity index is 3.42. The molecule has 0 aromatic rings. The summed E-state index contributed by atoms with van der Waals surface area (Å²) in [7, 11) is 0. The first-order chi connectivity index (χ1) is 33.2. The highest BCUT2D eigenvalue weighted by Gasteiger charge is 2.20. The van der Waals surface area contributed by atoms with Crippen LogP contribution in [-0.2, 0) is 4.79 Å². The molecule has 3 N–H and O–H groups in total. The Morgan fingerprint density at radius 2 is 0.612 bits per heavy atom. The molecule has 0 radical (unpaired) electrons. The normalized spacial score (nSPS) is 12.8. The van der Waals surface area contributed by atoms with E-state index >= 15 is 0 Å². The number of unbranched alkanes of at least 4 members (excludes halogenated alkanes) is 47. The van der Waals surface area contributed by atoms with Crippen molar-refractivity contribution in [3.05, 3.63) is 24.3 Å². The van der Waals surface area contributed by atoms with Gasteiger partial charge < -0.3 is 15.5 Å². The van der Waals surface area contributed by atoms with Crippen LogP contribution in [0.2, 0.25) is 0 Å². The third-order valence-electron chi connectivity index (χ3n) is 14.7. The predicted molar refractivity (Wildman–Crippen MR) is 299 cm³/mol. The van der Waals surface area contributed by atoms with E-state index in [0.717, 1.165) is 32.1 Å². The predicted octanol–water partition coefficient (Wildman–Crippen LogP) is 20.7. The molecule has 2 atom stereocenters. The number of aliphatic hydroxyl groups excluding tert-OH is 2. The molecule has 0 fully saturated rings. The third-order valence-corrected chi connectivity index (χ3v) is 14.7. The SMILES string of the molecule is CCCCCCCCCCC/C=C\C/C=C\CCCCCCCCCCCCCCCCCC(=O)NC(CO)C(O)CCCCCCCCCCCCCCCCCCCCCCCCCC. The number of hydrogen-bond donors (Lipinski definition) is 3. The Morgan fingerprint density at radius 3 is 0.896 bits per heavy atom. The fourth-order valence-electron chi connectivity index (χ4n) is 9.98. The summed E-state index contributed by atoms with van der Waals surface area (Å²) in [6.07, 6.45) is 79.1. The average Bonchev–Trinajstić information content (AvgIpc) is 3.33. The molecule has 0 aromatic heterocycles. The van der Waals surface area contributed by atoms with E-state index in [0.29, 0.717) is 12.8 Å². The fraction of sp³-hybridized carbons (Fsp3) is 0.921. The van der Waals surface area contributed by atoms with Crippen molar-refractivity contribution < 1.29 is 15.0 Å². The number of amides is 1. The average molecular weight is 943 g/mol. The Labute approximate surface area is 421 Å². The summed E-state index contributed by atoms with van der Waals surface area (Å²) in [5.41, 5.74) is 0. The van der Waals surface area contributed by atoms with Gasteiger partial charge >= 0.3 is 0 Å². The summed E-state index contributed by atoms with van der Waals surface area (Å²) in [5, 5.41) is 23.4. The van der Waals surface area contributed by atoms with E-state index in [-0.39, 0.29) is 12.5 Å². The molecule has 67 heavy (non-hydrogen) atoms. The van der Waals surface area contributed by atoms with Gasteiger partial charge in [-0.2, -0.15) is 0 Å². The lowest BCUT2D eigenvalue weighted by atomic mass is 10.0.